The van der Waals surface area contributed by atoms with E-state index in [0.717, 1.165) is 6.08 Å². The first-order valence-electron chi connectivity index (χ1n) is 5.09. The van der Waals surface area contributed by atoms with Crippen molar-refractivity contribution in [2.75, 3.05) is 13.2 Å². The minimum atomic E-state index is -0.853. The zero-order valence-electron chi connectivity index (χ0n) is 10.0. The van der Waals surface area contributed by atoms with Gasteiger partial charge in [0.05, 0.1) is 13.2 Å². The summed E-state index contributed by atoms with van der Waals surface area (Å²) in [6.07, 6.45) is 0.253. The number of carbonyl (C=O) groups excluding carboxylic acids is 3. The first kappa shape index (κ1) is 14.9. The van der Waals surface area contributed by atoms with Crippen molar-refractivity contribution in [1.29, 1.82) is 0 Å². The lowest BCUT2D eigenvalue weighted by molar-refractivity contribution is -0.137. The van der Waals surface area contributed by atoms with Crippen LogP contribution in [-0.2, 0) is 14.3 Å². The van der Waals surface area contributed by atoms with Gasteiger partial charge in [0.25, 0.3) is 0 Å². The Morgan fingerprint density at radius 2 is 1.65 bits per heavy atom. The van der Waals surface area contributed by atoms with Crippen LogP contribution in [0.1, 0.15) is 20.8 Å². The van der Waals surface area contributed by atoms with Crippen LogP contribution in [0.25, 0.3) is 0 Å². The summed E-state index contributed by atoms with van der Waals surface area (Å²) >= 11 is 0. The maximum atomic E-state index is 11.2. The van der Waals surface area contributed by atoms with Gasteiger partial charge < -0.3 is 14.8 Å². The topological polar surface area (TPSA) is 93.7 Å². The molecule has 0 rings (SSSR count). The number of rotatable bonds is 4. The fourth-order valence-electron chi connectivity index (χ4n) is 0.867. The number of amides is 3. The molecule has 0 aliphatic heterocycles. The monoisotopic (exact) mass is 244 g/mol. The number of allylic oxidation sites excluding steroid dienone is 1. The average Bonchev–Trinajstić information content (AvgIpc) is 2.16. The predicted octanol–water partition coefficient (Wildman–Crippen LogP) is 0.909. The highest BCUT2D eigenvalue weighted by atomic mass is 16.5. The maximum absolute atomic E-state index is 11.2. The summed E-state index contributed by atoms with van der Waals surface area (Å²) in [6, 6.07) is -0.776. The Labute approximate surface area is 99.1 Å². The van der Waals surface area contributed by atoms with Crippen LogP contribution in [0.2, 0.25) is 0 Å². The van der Waals surface area contributed by atoms with Gasteiger partial charge in [-0.05, 0) is 20.8 Å². The first-order chi connectivity index (χ1) is 7.99. The Balaban J connectivity index is 4.11. The number of hydrogen-bond donors (Lipinski definition) is 2. The van der Waals surface area contributed by atoms with Crippen LogP contribution in [0.4, 0.5) is 9.59 Å². The molecule has 0 atom stereocenters. The van der Waals surface area contributed by atoms with Crippen molar-refractivity contribution in [2.45, 2.75) is 20.8 Å². The summed E-state index contributed by atoms with van der Waals surface area (Å²) in [5.41, 5.74) is 0.255. The molecule has 0 fully saturated rings. The first-order valence-corrected chi connectivity index (χ1v) is 5.09. The molecule has 0 heterocycles. The highest BCUT2D eigenvalue weighted by Crippen LogP contribution is 1.89. The number of urea groups is 1. The molecule has 0 aliphatic carbocycles. The van der Waals surface area contributed by atoms with E-state index >= 15 is 0 Å². The predicted molar refractivity (Wildman–Crippen MR) is 59.1 cm³/mol. The van der Waals surface area contributed by atoms with Gasteiger partial charge in [-0.1, -0.05) is 0 Å². The van der Waals surface area contributed by atoms with Crippen molar-refractivity contribution in [3.05, 3.63) is 11.8 Å². The smallest absolute Gasteiger partial charge is 0.415 e. The number of alkyl carbamates (subject to hydrolysis) is 1. The van der Waals surface area contributed by atoms with Gasteiger partial charge in [0.2, 0.25) is 0 Å². The lowest BCUT2D eigenvalue weighted by Crippen LogP contribution is -2.39. The van der Waals surface area contributed by atoms with E-state index in [9.17, 15) is 14.4 Å². The van der Waals surface area contributed by atoms with Crippen LogP contribution in [0.15, 0.2) is 11.8 Å². The summed E-state index contributed by atoms with van der Waals surface area (Å²) in [7, 11) is 0. The van der Waals surface area contributed by atoms with Gasteiger partial charge in [-0.25, -0.2) is 19.7 Å². The molecule has 0 aromatic rings. The second-order valence-corrected chi connectivity index (χ2v) is 2.88. The van der Waals surface area contributed by atoms with Crippen LogP contribution < -0.4 is 10.6 Å². The third-order valence-corrected chi connectivity index (χ3v) is 1.42. The van der Waals surface area contributed by atoms with Gasteiger partial charge in [-0.3, -0.25) is 0 Å². The molecule has 2 N–H and O–H groups in total. The molecular weight excluding hydrogens is 228 g/mol. The zero-order chi connectivity index (χ0) is 13.3. The molecule has 0 aromatic heterocycles. The van der Waals surface area contributed by atoms with Crippen LogP contribution in [0.3, 0.4) is 0 Å². The molecule has 0 unspecified atom stereocenters. The lowest BCUT2D eigenvalue weighted by Gasteiger charge is -2.06. The highest BCUT2D eigenvalue weighted by molar-refractivity contribution is 5.92. The quantitative estimate of drug-likeness (QED) is 0.566. The Morgan fingerprint density at radius 1 is 1.06 bits per heavy atom. The Kier molecular flexibility index (Phi) is 7.16. The van der Waals surface area contributed by atoms with Crippen molar-refractivity contribution in [3.8, 4) is 0 Å². The standard InChI is InChI=1S/C10H16N2O5/c1-4-16-8(13)6-7(3)11-9(14)12-10(15)17-5-2/h6H,4-5H2,1-3H3,(H2,11,12,14,15)/b7-6+. The summed E-state index contributed by atoms with van der Waals surface area (Å²) in [4.78, 5) is 33.0. The van der Waals surface area contributed by atoms with Gasteiger partial charge in [0.15, 0.2) is 0 Å². The number of hydrogen-bond acceptors (Lipinski definition) is 5. The van der Waals surface area contributed by atoms with Gasteiger partial charge in [-0.15, -0.1) is 0 Å². The van der Waals surface area contributed by atoms with E-state index in [-0.39, 0.29) is 18.9 Å². The van der Waals surface area contributed by atoms with E-state index in [4.69, 9.17) is 0 Å². The SMILES string of the molecule is CCOC(=O)/C=C(\C)NC(=O)NC(=O)OCC. The molecule has 0 bridgehead atoms. The third-order valence-electron chi connectivity index (χ3n) is 1.42. The van der Waals surface area contributed by atoms with Crippen LogP contribution >= 0.6 is 0 Å². The van der Waals surface area contributed by atoms with Crippen LogP contribution in [0.5, 0.6) is 0 Å². The second-order valence-electron chi connectivity index (χ2n) is 2.88. The van der Waals surface area contributed by atoms with Crippen LogP contribution in [-0.4, -0.2) is 31.3 Å². The minimum Gasteiger partial charge on any atom is -0.463 e. The molecule has 0 saturated heterocycles. The molecule has 0 saturated carbocycles. The second kappa shape index (κ2) is 8.14. The molecule has 0 aromatic carbocycles. The number of nitrogens with one attached hydrogen (secondary N) is 2. The number of carbonyl (C=O) groups is 3. The Hall–Kier alpha value is -2.05. The molecular formula is C10H16N2O5. The van der Waals surface area contributed by atoms with Crippen molar-refractivity contribution in [3.63, 3.8) is 0 Å². The summed E-state index contributed by atoms with van der Waals surface area (Å²) in [6.45, 7) is 5.18. The van der Waals surface area contributed by atoms with Crippen molar-refractivity contribution in [2.24, 2.45) is 0 Å². The van der Waals surface area contributed by atoms with Gasteiger partial charge in [0.1, 0.15) is 0 Å². The normalized spacial score (nSPS) is 10.4. The van der Waals surface area contributed by atoms with E-state index in [1.807, 2.05) is 5.32 Å². The number of esters is 1. The lowest BCUT2D eigenvalue weighted by atomic mass is 10.4. The number of ether oxygens (including phenoxy) is 2. The van der Waals surface area contributed by atoms with Crippen molar-refractivity contribution < 1.29 is 23.9 Å². The summed E-state index contributed by atoms with van der Waals surface area (Å²) < 4.78 is 9.13. The van der Waals surface area contributed by atoms with Crippen molar-refractivity contribution >= 4 is 18.1 Å². The number of imide groups is 1. The molecule has 0 spiro atoms. The molecule has 7 heteroatoms. The maximum Gasteiger partial charge on any atom is 0.415 e. The fraction of sp³-hybridized carbons (Fsp3) is 0.500. The molecule has 0 radical (unpaired) electrons. The zero-order valence-corrected chi connectivity index (χ0v) is 10.0. The molecule has 0 aliphatic rings. The van der Waals surface area contributed by atoms with Gasteiger partial charge in [-0.2, -0.15) is 0 Å². The summed E-state index contributed by atoms with van der Waals surface area (Å²) in [5.74, 6) is -0.568. The Bertz CT molecular complexity index is 325. The highest BCUT2D eigenvalue weighted by Gasteiger charge is 2.08. The Morgan fingerprint density at radius 3 is 2.18 bits per heavy atom. The van der Waals surface area contributed by atoms with E-state index in [0.29, 0.717) is 0 Å². The molecule has 7 nitrogen and oxygen atoms in total. The summed E-state index contributed by atoms with van der Waals surface area (Å²) in [5, 5.41) is 4.18. The van der Waals surface area contributed by atoms with E-state index in [1.165, 1.54) is 6.92 Å². The third kappa shape index (κ3) is 7.83. The van der Waals surface area contributed by atoms with Gasteiger partial charge >= 0.3 is 18.1 Å². The van der Waals surface area contributed by atoms with Crippen molar-refractivity contribution in [1.82, 2.24) is 10.6 Å². The van der Waals surface area contributed by atoms with Crippen LogP contribution in [0, 0.1) is 0 Å². The largest absolute Gasteiger partial charge is 0.463 e. The molecule has 17 heavy (non-hydrogen) atoms. The van der Waals surface area contributed by atoms with E-state index in [1.54, 1.807) is 13.8 Å². The minimum absolute atomic E-state index is 0.163. The molecule has 96 valence electrons. The van der Waals surface area contributed by atoms with Gasteiger partial charge in [0, 0.05) is 11.8 Å². The van der Waals surface area contributed by atoms with E-state index < -0.39 is 18.1 Å². The average molecular weight is 244 g/mol. The van der Waals surface area contributed by atoms with E-state index in [2.05, 4.69) is 14.8 Å². The fourth-order valence-corrected chi connectivity index (χ4v) is 0.867. The molecule has 3 amide bonds.